The number of hydrogen-bond donors (Lipinski definition) is 0. The third-order valence-electron chi connectivity index (χ3n) is 6.68. The minimum absolute atomic E-state index is 0.0468. The van der Waals surface area contributed by atoms with Crippen LogP contribution in [0.5, 0.6) is 0 Å². The number of benzene rings is 2. The van der Waals surface area contributed by atoms with Crippen LogP contribution in [0, 0.1) is 31.4 Å². The molecule has 0 saturated carbocycles. The van der Waals surface area contributed by atoms with Gasteiger partial charge < -0.3 is 0 Å². The topological polar surface area (TPSA) is 83.5 Å². The lowest BCUT2D eigenvalue weighted by Gasteiger charge is -2.33. The maximum atomic E-state index is 14.2. The van der Waals surface area contributed by atoms with E-state index in [2.05, 4.69) is 11.1 Å². The number of carbonyl (C=O) groups is 1. The zero-order valence-electron chi connectivity index (χ0n) is 20.9. The number of anilines is 1. The number of rotatable bonds is 6. The molecule has 5 rings (SSSR count). The Kier molecular flexibility index (Phi) is 7.26. The van der Waals surface area contributed by atoms with Crippen LogP contribution in [0.3, 0.4) is 0 Å². The number of nitrogens with zero attached hydrogens (tertiary/aromatic N) is 4. The Bertz CT molecular complexity index is 1600. The van der Waals surface area contributed by atoms with E-state index in [1.165, 1.54) is 11.3 Å². The van der Waals surface area contributed by atoms with Crippen LogP contribution in [0.1, 0.15) is 29.7 Å². The van der Waals surface area contributed by atoms with E-state index in [4.69, 9.17) is 4.98 Å². The van der Waals surface area contributed by atoms with Gasteiger partial charge in [-0.05, 0) is 68.1 Å². The molecule has 1 aliphatic rings. The molecule has 1 aliphatic heterocycles. The third-order valence-corrected chi connectivity index (χ3v) is 9.63. The molecule has 1 amide bonds. The van der Waals surface area contributed by atoms with Crippen molar-refractivity contribution in [2.45, 2.75) is 38.1 Å². The molecule has 0 unspecified atom stereocenters. The minimum Gasteiger partial charge on any atom is -0.282 e. The zero-order chi connectivity index (χ0) is 27.0. The molecule has 1 fully saturated rings. The quantitative estimate of drug-likeness (QED) is 0.325. The Morgan fingerprint density at radius 2 is 1.87 bits per heavy atom. The third kappa shape index (κ3) is 5.18. The molecule has 7 nitrogen and oxygen atoms in total. The lowest BCUT2D eigenvalue weighted by atomic mass is 9.96. The van der Waals surface area contributed by atoms with Crippen LogP contribution in [0.15, 0.2) is 59.6 Å². The predicted octanol–water partition coefficient (Wildman–Crippen LogP) is 5.22. The van der Waals surface area contributed by atoms with Crippen molar-refractivity contribution in [3.63, 3.8) is 0 Å². The Morgan fingerprint density at radius 3 is 2.55 bits per heavy atom. The lowest BCUT2D eigenvalue weighted by Crippen LogP contribution is -2.44. The average molecular weight is 557 g/mol. The number of hydrogen-bond acceptors (Lipinski definition) is 6. The van der Waals surface area contributed by atoms with Crippen LogP contribution in [-0.2, 0) is 21.4 Å². The van der Waals surface area contributed by atoms with E-state index in [9.17, 15) is 22.0 Å². The van der Waals surface area contributed by atoms with Crippen molar-refractivity contribution >= 4 is 42.6 Å². The van der Waals surface area contributed by atoms with Crippen LogP contribution < -0.4 is 4.90 Å². The van der Waals surface area contributed by atoms with E-state index in [0.29, 0.717) is 16.9 Å². The number of piperidine rings is 1. The fourth-order valence-corrected chi connectivity index (χ4v) is 7.42. The first-order valence-corrected chi connectivity index (χ1v) is 14.4. The summed E-state index contributed by atoms with van der Waals surface area (Å²) >= 11 is 1.44. The number of pyridine rings is 1. The first kappa shape index (κ1) is 26.3. The number of halogens is 2. The molecule has 0 N–H and O–H groups in total. The first-order valence-electron chi connectivity index (χ1n) is 12.2. The maximum Gasteiger partial charge on any atom is 0.245 e. The highest BCUT2D eigenvalue weighted by Gasteiger charge is 2.36. The van der Waals surface area contributed by atoms with Gasteiger partial charge in [0.05, 0.1) is 22.5 Å². The highest BCUT2D eigenvalue weighted by Crippen LogP contribution is 2.35. The van der Waals surface area contributed by atoms with Gasteiger partial charge in [0.15, 0.2) is 5.13 Å². The summed E-state index contributed by atoms with van der Waals surface area (Å²) in [6.07, 6.45) is 2.20. The van der Waals surface area contributed by atoms with Crippen molar-refractivity contribution in [2.75, 3.05) is 18.0 Å². The van der Waals surface area contributed by atoms with Gasteiger partial charge in [-0.2, -0.15) is 4.31 Å². The summed E-state index contributed by atoms with van der Waals surface area (Å²) < 4.78 is 55.7. The van der Waals surface area contributed by atoms with Crippen molar-refractivity contribution in [1.82, 2.24) is 14.3 Å². The Hall–Kier alpha value is -3.28. The summed E-state index contributed by atoms with van der Waals surface area (Å²) in [5.41, 5.74) is 3.69. The fraction of sp³-hybridized carbons (Fsp3) is 0.296. The smallest absolute Gasteiger partial charge is 0.245 e. The standard InChI is InChI=1S/C27H26F2N4O3S2/c1-17-13-18(2)25-23(14-17)37-27(31-25)33(16-21-5-3-4-10-30-21)26(34)19-8-11-32(12-9-19)38(35,36)24-7-6-20(28)15-22(24)29/h3-7,10,13-15,19H,8-9,11-12,16H2,1-2H3. The molecule has 4 aromatic rings. The first-order chi connectivity index (χ1) is 18.1. The molecular formula is C27H26F2N4O3S2. The van der Waals surface area contributed by atoms with Gasteiger partial charge in [-0.3, -0.25) is 14.7 Å². The number of fused-ring (bicyclic) bond motifs is 1. The largest absolute Gasteiger partial charge is 0.282 e. The predicted molar refractivity (Wildman–Crippen MR) is 142 cm³/mol. The van der Waals surface area contributed by atoms with E-state index in [1.807, 2.05) is 32.0 Å². The number of carbonyl (C=O) groups excluding carboxylic acids is 1. The Balaban J connectivity index is 1.39. The molecule has 1 saturated heterocycles. The van der Waals surface area contributed by atoms with Gasteiger partial charge in [-0.1, -0.05) is 23.5 Å². The lowest BCUT2D eigenvalue weighted by molar-refractivity contribution is -0.123. The van der Waals surface area contributed by atoms with Gasteiger partial charge in [0.1, 0.15) is 16.5 Å². The number of aryl methyl sites for hydroxylation is 2. The normalized spacial score (nSPS) is 15.2. The number of aromatic nitrogens is 2. The van der Waals surface area contributed by atoms with Gasteiger partial charge in [0, 0.05) is 31.3 Å². The molecule has 2 aromatic heterocycles. The molecule has 0 aliphatic carbocycles. The highest BCUT2D eigenvalue weighted by molar-refractivity contribution is 7.89. The van der Waals surface area contributed by atoms with E-state index < -0.39 is 32.5 Å². The van der Waals surface area contributed by atoms with E-state index >= 15 is 0 Å². The number of thiazole rings is 1. The molecule has 38 heavy (non-hydrogen) atoms. The maximum absolute atomic E-state index is 14.2. The second-order valence-electron chi connectivity index (χ2n) is 9.42. The Labute approximate surface area is 223 Å². The second-order valence-corrected chi connectivity index (χ2v) is 12.3. The van der Waals surface area contributed by atoms with Gasteiger partial charge >= 0.3 is 0 Å². The van der Waals surface area contributed by atoms with Gasteiger partial charge in [-0.25, -0.2) is 22.2 Å². The molecule has 198 valence electrons. The van der Waals surface area contributed by atoms with Crippen LogP contribution in [0.2, 0.25) is 0 Å². The molecule has 11 heteroatoms. The summed E-state index contributed by atoms with van der Waals surface area (Å²) in [6.45, 7) is 4.33. The summed E-state index contributed by atoms with van der Waals surface area (Å²) in [5.74, 6) is -2.59. The van der Waals surface area contributed by atoms with Crippen molar-refractivity contribution in [3.05, 3.63) is 83.2 Å². The fourth-order valence-electron chi connectivity index (χ4n) is 4.75. The molecule has 0 radical (unpaired) electrons. The highest BCUT2D eigenvalue weighted by atomic mass is 32.2. The number of amides is 1. The van der Waals surface area contributed by atoms with Gasteiger partial charge in [-0.15, -0.1) is 0 Å². The van der Waals surface area contributed by atoms with Crippen molar-refractivity contribution in [3.8, 4) is 0 Å². The Morgan fingerprint density at radius 1 is 1.11 bits per heavy atom. The molecule has 0 bridgehead atoms. The molecule has 2 aromatic carbocycles. The van der Waals surface area contributed by atoms with E-state index in [0.717, 1.165) is 37.8 Å². The molecule has 0 atom stereocenters. The summed E-state index contributed by atoms with van der Waals surface area (Å²) in [7, 11) is -4.16. The summed E-state index contributed by atoms with van der Waals surface area (Å²) in [4.78, 5) is 24.1. The van der Waals surface area contributed by atoms with Crippen molar-refractivity contribution in [2.24, 2.45) is 5.92 Å². The summed E-state index contributed by atoms with van der Waals surface area (Å²) in [5, 5.41) is 0.563. The van der Waals surface area contributed by atoms with Gasteiger partial charge in [0.25, 0.3) is 0 Å². The van der Waals surface area contributed by atoms with Crippen molar-refractivity contribution in [1.29, 1.82) is 0 Å². The van der Waals surface area contributed by atoms with Crippen molar-refractivity contribution < 1.29 is 22.0 Å². The molecular weight excluding hydrogens is 530 g/mol. The monoisotopic (exact) mass is 556 g/mol. The molecule has 3 heterocycles. The second kappa shape index (κ2) is 10.5. The van der Waals surface area contributed by atoms with Crippen LogP contribution in [0.4, 0.5) is 13.9 Å². The SMILES string of the molecule is Cc1cc(C)c2nc(N(Cc3ccccn3)C(=O)C3CCN(S(=O)(=O)c4ccc(F)cc4F)CC3)sc2c1. The summed E-state index contributed by atoms with van der Waals surface area (Å²) in [6, 6.07) is 12.0. The minimum atomic E-state index is -4.16. The molecule has 0 spiro atoms. The van der Waals surface area contributed by atoms with Crippen LogP contribution in [0.25, 0.3) is 10.2 Å². The zero-order valence-corrected chi connectivity index (χ0v) is 22.5. The van der Waals surface area contributed by atoms with E-state index in [-0.39, 0.29) is 38.4 Å². The average Bonchev–Trinajstić information content (AvgIpc) is 3.31. The van der Waals surface area contributed by atoms with Crippen LogP contribution in [-0.4, -0.2) is 41.7 Å². The number of sulfonamides is 1. The van der Waals surface area contributed by atoms with Crippen LogP contribution >= 0.6 is 11.3 Å². The van der Waals surface area contributed by atoms with Gasteiger partial charge in [0.2, 0.25) is 15.9 Å². The van der Waals surface area contributed by atoms with E-state index in [1.54, 1.807) is 17.2 Å².